The van der Waals surface area contributed by atoms with Gasteiger partial charge in [-0.1, -0.05) is 6.58 Å². The maximum Gasteiger partial charge on any atom is 0.330 e. The minimum atomic E-state index is -2.35. The number of hydrogen-bond donors (Lipinski definition) is 0. The van der Waals surface area contributed by atoms with Crippen molar-refractivity contribution in [3.05, 3.63) is 41.7 Å². The first-order valence-electron chi connectivity index (χ1n) is 12.8. The predicted octanol–water partition coefficient (Wildman–Crippen LogP) is 2.52. The number of halogens is 5. The molecule has 0 unspecified atom stereocenters. The van der Waals surface area contributed by atoms with E-state index in [-0.39, 0.29) is 39.6 Å². The van der Waals surface area contributed by atoms with E-state index in [0.29, 0.717) is 59.5 Å². The quantitative estimate of drug-likeness (QED) is 0.0290. The van der Waals surface area contributed by atoms with Crippen molar-refractivity contribution in [1.82, 2.24) is 0 Å². The van der Waals surface area contributed by atoms with Gasteiger partial charge in [0.1, 0.15) is 6.61 Å². The normalized spacial score (nSPS) is 11.1. The molecular weight excluding hydrogens is 583 g/mol. The highest BCUT2D eigenvalue weighted by Gasteiger charge is 2.28. The summed E-state index contributed by atoms with van der Waals surface area (Å²) in [6, 6.07) is 0. The average molecular weight is 619 g/mol. The fourth-order valence-electron chi connectivity index (χ4n) is 2.68. The SMILES string of the molecule is C=CC(=O)OCCOCCOCCOCCOCCOCCOCCOCCC(=O)Oc1c(F)c(F)c(F)c(F)c1F. The lowest BCUT2D eigenvalue weighted by molar-refractivity contribution is -0.139. The molecule has 0 aliphatic rings. The first kappa shape index (κ1) is 37.3. The predicted molar refractivity (Wildman–Crippen MR) is 133 cm³/mol. The zero-order valence-electron chi connectivity index (χ0n) is 23.0. The third-order valence-electron chi connectivity index (χ3n) is 4.71. The molecule has 0 fully saturated rings. The molecule has 0 heterocycles. The minimum Gasteiger partial charge on any atom is -0.460 e. The molecule has 1 aromatic rings. The van der Waals surface area contributed by atoms with Gasteiger partial charge in [0.15, 0.2) is 0 Å². The largest absolute Gasteiger partial charge is 0.460 e. The molecular formula is C26H35F5O11. The van der Waals surface area contributed by atoms with Gasteiger partial charge >= 0.3 is 11.9 Å². The van der Waals surface area contributed by atoms with Gasteiger partial charge in [0, 0.05) is 6.08 Å². The Morgan fingerprint density at radius 1 is 0.500 bits per heavy atom. The first-order chi connectivity index (χ1) is 20.3. The van der Waals surface area contributed by atoms with Crippen molar-refractivity contribution in [2.45, 2.75) is 6.42 Å². The van der Waals surface area contributed by atoms with Crippen LogP contribution < -0.4 is 4.74 Å². The summed E-state index contributed by atoms with van der Waals surface area (Å²) >= 11 is 0. The van der Waals surface area contributed by atoms with Gasteiger partial charge in [-0.15, -0.1) is 0 Å². The summed E-state index contributed by atoms with van der Waals surface area (Å²) < 4.78 is 112. The van der Waals surface area contributed by atoms with E-state index in [4.69, 9.17) is 37.9 Å². The Labute approximate surface area is 239 Å². The lowest BCUT2D eigenvalue weighted by atomic mass is 10.2. The van der Waals surface area contributed by atoms with Crippen LogP contribution in [0.1, 0.15) is 6.42 Å². The van der Waals surface area contributed by atoms with Crippen LogP contribution in [0.4, 0.5) is 22.0 Å². The van der Waals surface area contributed by atoms with E-state index < -0.39 is 53.2 Å². The fourth-order valence-corrected chi connectivity index (χ4v) is 2.68. The summed E-state index contributed by atoms with van der Waals surface area (Å²) in [5.41, 5.74) is 0. The average Bonchev–Trinajstić information content (AvgIpc) is 2.99. The Morgan fingerprint density at radius 2 is 0.810 bits per heavy atom. The smallest absolute Gasteiger partial charge is 0.330 e. The Hall–Kier alpha value is -2.73. The van der Waals surface area contributed by atoms with Crippen LogP contribution >= 0.6 is 0 Å². The van der Waals surface area contributed by atoms with Gasteiger partial charge in [-0.05, 0) is 0 Å². The van der Waals surface area contributed by atoms with Crippen LogP contribution in [0.3, 0.4) is 0 Å². The van der Waals surface area contributed by atoms with Crippen molar-refractivity contribution < 1.29 is 74.2 Å². The van der Waals surface area contributed by atoms with Crippen LogP contribution in [0, 0.1) is 29.1 Å². The van der Waals surface area contributed by atoms with Crippen LogP contribution in [0.15, 0.2) is 12.7 Å². The molecule has 0 aliphatic carbocycles. The van der Waals surface area contributed by atoms with Crippen molar-refractivity contribution in [2.75, 3.05) is 99.1 Å². The van der Waals surface area contributed by atoms with E-state index >= 15 is 0 Å². The van der Waals surface area contributed by atoms with Gasteiger partial charge in [0.2, 0.25) is 34.8 Å². The molecule has 0 saturated heterocycles. The second kappa shape index (κ2) is 23.8. The molecule has 0 radical (unpaired) electrons. The Bertz CT molecular complexity index is 907. The van der Waals surface area contributed by atoms with Crippen molar-refractivity contribution in [2.24, 2.45) is 0 Å². The molecule has 16 heteroatoms. The maximum absolute atomic E-state index is 13.5. The minimum absolute atomic E-state index is 0.0762. The number of ether oxygens (including phenoxy) is 9. The number of carbonyl (C=O) groups excluding carboxylic acids is 2. The Kier molecular flexibility index (Phi) is 21.1. The summed E-state index contributed by atoms with van der Waals surface area (Å²) in [7, 11) is 0. The lowest BCUT2D eigenvalue weighted by Crippen LogP contribution is -2.16. The van der Waals surface area contributed by atoms with E-state index in [2.05, 4.69) is 11.3 Å². The summed E-state index contributed by atoms with van der Waals surface area (Å²) in [6.45, 7) is 7.36. The van der Waals surface area contributed by atoms with Crippen molar-refractivity contribution >= 4 is 11.9 Å². The molecule has 11 nitrogen and oxygen atoms in total. The highest BCUT2D eigenvalue weighted by molar-refractivity contribution is 5.81. The molecule has 0 N–H and O–H groups in total. The highest BCUT2D eigenvalue weighted by atomic mass is 19.2. The van der Waals surface area contributed by atoms with E-state index in [1.807, 2.05) is 0 Å². The van der Waals surface area contributed by atoms with Crippen molar-refractivity contribution in [1.29, 1.82) is 0 Å². The van der Waals surface area contributed by atoms with Crippen LogP contribution in [0.5, 0.6) is 5.75 Å². The maximum atomic E-state index is 13.5. The van der Waals surface area contributed by atoms with Crippen LogP contribution in [0.25, 0.3) is 0 Å². The monoisotopic (exact) mass is 618 g/mol. The van der Waals surface area contributed by atoms with E-state index in [9.17, 15) is 31.5 Å². The summed E-state index contributed by atoms with van der Waals surface area (Å²) in [4.78, 5) is 22.4. The van der Waals surface area contributed by atoms with Crippen molar-refractivity contribution in [3.63, 3.8) is 0 Å². The zero-order chi connectivity index (χ0) is 31.0. The second-order valence-electron chi connectivity index (χ2n) is 7.78. The molecule has 0 aliphatic heterocycles. The zero-order valence-corrected chi connectivity index (χ0v) is 23.0. The summed E-state index contributed by atoms with van der Waals surface area (Å²) in [5.74, 6) is -14.7. The third-order valence-corrected chi connectivity index (χ3v) is 4.71. The van der Waals surface area contributed by atoms with Gasteiger partial charge in [-0.25, -0.2) is 18.0 Å². The number of hydrogen-bond acceptors (Lipinski definition) is 11. The van der Waals surface area contributed by atoms with Crippen LogP contribution in [-0.4, -0.2) is 111 Å². The molecule has 0 saturated carbocycles. The highest BCUT2D eigenvalue weighted by Crippen LogP contribution is 2.29. The number of rotatable bonds is 26. The first-order valence-corrected chi connectivity index (χ1v) is 12.8. The molecule has 0 amide bonds. The molecule has 42 heavy (non-hydrogen) atoms. The van der Waals surface area contributed by atoms with Gasteiger partial charge in [0.25, 0.3) is 0 Å². The van der Waals surface area contributed by atoms with Gasteiger partial charge in [0.05, 0.1) is 98.9 Å². The fraction of sp³-hybridized carbons (Fsp3) is 0.615. The second-order valence-corrected chi connectivity index (χ2v) is 7.78. The third kappa shape index (κ3) is 16.6. The standard InChI is InChI=1S/C26H35F5O11/c1-2-19(32)41-18-17-40-16-15-39-14-13-38-12-11-37-10-9-36-8-7-35-6-5-34-4-3-20(33)42-26-24(30)22(28)21(27)23(29)25(26)31/h2H,1,3-18H2. The molecule has 0 bridgehead atoms. The molecule has 1 aromatic carbocycles. The topological polar surface area (TPSA) is 117 Å². The summed E-state index contributed by atoms with van der Waals surface area (Å²) in [5, 5.41) is 0. The number of carbonyl (C=O) groups is 2. The molecule has 1 rings (SSSR count). The Morgan fingerprint density at radius 3 is 1.17 bits per heavy atom. The van der Waals surface area contributed by atoms with Crippen LogP contribution in [0.2, 0.25) is 0 Å². The molecule has 0 spiro atoms. The van der Waals surface area contributed by atoms with Gasteiger partial charge in [-0.3, -0.25) is 4.79 Å². The molecule has 0 atom stereocenters. The molecule has 240 valence electrons. The Balaban J connectivity index is 1.83. The van der Waals surface area contributed by atoms with Crippen molar-refractivity contribution in [3.8, 4) is 5.75 Å². The van der Waals surface area contributed by atoms with Gasteiger partial charge in [-0.2, -0.15) is 8.78 Å². The number of benzene rings is 1. The van der Waals surface area contributed by atoms with Gasteiger partial charge < -0.3 is 42.6 Å². The molecule has 0 aromatic heterocycles. The summed E-state index contributed by atoms with van der Waals surface area (Å²) in [6.07, 6.45) is 0.592. The van der Waals surface area contributed by atoms with E-state index in [1.165, 1.54) is 0 Å². The van der Waals surface area contributed by atoms with E-state index in [1.54, 1.807) is 0 Å². The number of esters is 2. The van der Waals surface area contributed by atoms with E-state index in [0.717, 1.165) is 6.08 Å². The lowest BCUT2D eigenvalue weighted by Gasteiger charge is -2.09. The van der Waals surface area contributed by atoms with Crippen LogP contribution in [-0.2, 0) is 47.5 Å².